The van der Waals surface area contributed by atoms with Crippen LogP contribution in [0.5, 0.6) is 0 Å². The van der Waals surface area contributed by atoms with Gasteiger partial charge in [-0.15, -0.1) is 0 Å². The summed E-state index contributed by atoms with van der Waals surface area (Å²) in [5.41, 5.74) is -0.766. The Labute approximate surface area is 234 Å². The molecule has 0 aromatic rings. The van der Waals surface area contributed by atoms with E-state index in [4.69, 9.17) is 0 Å². The number of fused-ring (bicyclic) bond motifs is 7. The van der Waals surface area contributed by atoms with Gasteiger partial charge < -0.3 is 10.6 Å². The molecule has 5 rings (SSSR count). The Bertz CT molecular complexity index is 1220. The van der Waals surface area contributed by atoms with Gasteiger partial charge in [-0.3, -0.25) is 9.59 Å². The molecule has 39 heavy (non-hydrogen) atoms. The van der Waals surface area contributed by atoms with E-state index in [0.29, 0.717) is 18.4 Å². The molecular formula is C33H47N3O3. The van der Waals surface area contributed by atoms with Gasteiger partial charge in [0, 0.05) is 28.8 Å². The second-order valence-electron chi connectivity index (χ2n) is 14.8. The molecule has 2 amide bonds. The molecule has 0 unspecified atom stereocenters. The number of Topliss-reactive ketones (excluding diaryl/α,β-unsaturated/α-hetero) is 1. The molecule has 0 heterocycles. The van der Waals surface area contributed by atoms with Gasteiger partial charge in [0.2, 0.25) is 0 Å². The number of urea groups is 1. The molecule has 6 nitrogen and oxygen atoms in total. The summed E-state index contributed by atoms with van der Waals surface area (Å²) in [5, 5.41) is 16.3. The number of carbonyl (C=O) groups excluding carboxylic acids is 3. The molecule has 0 saturated heterocycles. The van der Waals surface area contributed by atoms with Gasteiger partial charge >= 0.3 is 6.03 Å². The SMILES string of the molecule is CCNC(=O)N[C@]12CC[C@@H](C)[C@H](C)[C@H]1[C@H]1C(=O)C=C3[C@@]4(C)C=C(C#N)C(=O)C(C)(C)[C@@H]4CC[C@@]3(C)[C@]1(C)CC2. The van der Waals surface area contributed by atoms with Gasteiger partial charge in [-0.25, -0.2) is 4.79 Å². The second kappa shape index (κ2) is 8.79. The van der Waals surface area contributed by atoms with E-state index in [1.165, 1.54) is 0 Å². The number of nitrogens with zero attached hydrogens (tertiary/aromatic N) is 1. The molecule has 9 atom stereocenters. The van der Waals surface area contributed by atoms with Gasteiger partial charge in [-0.05, 0) is 86.0 Å². The van der Waals surface area contributed by atoms with Crippen molar-refractivity contribution in [3.05, 3.63) is 23.3 Å². The molecule has 3 saturated carbocycles. The first-order chi connectivity index (χ1) is 18.1. The Morgan fingerprint density at radius 1 is 1.05 bits per heavy atom. The molecule has 0 aromatic heterocycles. The molecular weight excluding hydrogens is 486 g/mol. The van der Waals surface area contributed by atoms with Gasteiger partial charge in [0.25, 0.3) is 0 Å². The van der Waals surface area contributed by atoms with Gasteiger partial charge in [0.1, 0.15) is 6.07 Å². The van der Waals surface area contributed by atoms with Crippen molar-refractivity contribution in [2.75, 3.05) is 6.54 Å². The second-order valence-corrected chi connectivity index (χ2v) is 14.8. The van der Waals surface area contributed by atoms with Gasteiger partial charge in [0.05, 0.1) is 5.57 Å². The van der Waals surface area contributed by atoms with Crippen molar-refractivity contribution in [1.29, 1.82) is 5.26 Å². The van der Waals surface area contributed by atoms with E-state index < -0.39 is 10.8 Å². The zero-order chi connectivity index (χ0) is 28.8. The average Bonchev–Trinajstić information content (AvgIpc) is 2.86. The third kappa shape index (κ3) is 3.53. The lowest BCUT2D eigenvalue weighted by molar-refractivity contribution is -0.164. The van der Waals surface area contributed by atoms with Crippen LogP contribution in [0.3, 0.4) is 0 Å². The Balaban J connectivity index is 1.67. The Morgan fingerprint density at radius 3 is 2.38 bits per heavy atom. The van der Waals surface area contributed by atoms with Crippen molar-refractivity contribution in [3.63, 3.8) is 0 Å². The lowest BCUT2D eigenvalue weighted by Gasteiger charge is -2.69. The zero-order valence-corrected chi connectivity index (χ0v) is 25.2. The number of rotatable bonds is 2. The molecule has 6 heteroatoms. The maximum absolute atomic E-state index is 14.5. The number of nitrogens with one attached hydrogen (secondary N) is 2. The van der Waals surface area contributed by atoms with Crippen molar-refractivity contribution in [1.82, 2.24) is 10.6 Å². The molecule has 0 bridgehead atoms. The highest BCUT2D eigenvalue weighted by Crippen LogP contribution is 2.73. The predicted molar refractivity (Wildman–Crippen MR) is 151 cm³/mol. The normalized spacial score (nSPS) is 46.3. The summed E-state index contributed by atoms with van der Waals surface area (Å²) >= 11 is 0. The third-order valence-electron chi connectivity index (χ3n) is 12.9. The predicted octanol–water partition coefficient (Wildman–Crippen LogP) is 6.13. The van der Waals surface area contributed by atoms with E-state index in [-0.39, 0.29) is 57.3 Å². The summed E-state index contributed by atoms with van der Waals surface area (Å²) in [6, 6.07) is 2.06. The van der Waals surface area contributed by atoms with E-state index in [2.05, 4.69) is 51.3 Å². The monoisotopic (exact) mass is 533 g/mol. The zero-order valence-electron chi connectivity index (χ0n) is 25.2. The Kier molecular flexibility index (Phi) is 6.34. The van der Waals surface area contributed by atoms with Gasteiger partial charge in [0.15, 0.2) is 11.6 Å². The van der Waals surface area contributed by atoms with Crippen molar-refractivity contribution in [2.24, 2.45) is 51.2 Å². The first kappa shape index (κ1) is 28.1. The highest BCUT2D eigenvalue weighted by Gasteiger charge is 2.70. The average molecular weight is 534 g/mol. The number of ketones is 2. The number of hydrogen-bond donors (Lipinski definition) is 2. The quantitative estimate of drug-likeness (QED) is 0.446. The molecule has 5 aliphatic rings. The molecule has 0 radical (unpaired) electrons. The van der Waals surface area contributed by atoms with Gasteiger partial charge in [-0.2, -0.15) is 5.26 Å². The minimum Gasteiger partial charge on any atom is -0.338 e. The van der Waals surface area contributed by atoms with Crippen LogP contribution in [-0.2, 0) is 9.59 Å². The van der Waals surface area contributed by atoms with Crippen LogP contribution >= 0.6 is 0 Å². The molecule has 2 N–H and O–H groups in total. The summed E-state index contributed by atoms with van der Waals surface area (Å²) in [4.78, 5) is 40.7. The third-order valence-corrected chi connectivity index (χ3v) is 12.9. The van der Waals surface area contributed by atoms with Crippen molar-refractivity contribution >= 4 is 17.6 Å². The van der Waals surface area contributed by atoms with Crippen LogP contribution in [0, 0.1) is 62.6 Å². The molecule has 212 valence electrons. The Morgan fingerprint density at radius 2 is 1.74 bits per heavy atom. The van der Waals surface area contributed by atoms with Crippen LogP contribution < -0.4 is 10.6 Å². The van der Waals surface area contributed by atoms with Gasteiger partial charge in [-0.1, -0.05) is 60.1 Å². The number of hydrogen-bond acceptors (Lipinski definition) is 4. The number of carbonyl (C=O) groups is 3. The lowest BCUT2D eigenvalue weighted by Crippen LogP contribution is -2.71. The molecule has 5 aliphatic carbocycles. The first-order valence-electron chi connectivity index (χ1n) is 15.1. The van der Waals surface area contributed by atoms with E-state index in [9.17, 15) is 19.6 Å². The van der Waals surface area contributed by atoms with E-state index in [1.54, 1.807) is 0 Å². The highest BCUT2D eigenvalue weighted by molar-refractivity contribution is 6.04. The number of allylic oxidation sites excluding steroid dienone is 4. The Hall–Kier alpha value is -2.42. The van der Waals surface area contributed by atoms with Crippen LogP contribution in [0.4, 0.5) is 4.79 Å². The summed E-state index contributed by atoms with van der Waals surface area (Å²) in [5.74, 6) is 0.788. The lowest BCUT2D eigenvalue weighted by atomic mass is 9.34. The van der Waals surface area contributed by atoms with Crippen LogP contribution in [0.1, 0.15) is 93.9 Å². The molecule has 0 aliphatic heterocycles. The van der Waals surface area contributed by atoms with Crippen LogP contribution in [0.15, 0.2) is 23.3 Å². The van der Waals surface area contributed by atoms with Crippen molar-refractivity contribution in [2.45, 2.75) is 99.5 Å². The smallest absolute Gasteiger partial charge is 0.315 e. The standard InChI is InChI=1S/C33H47N3O3/c1-9-35-28(39)36-33-13-10-19(2)20(3)25(33)26-22(37)16-24-30(6)17-21(18-34)27(38)29(4,5)23(30)11-12-31(24,7)32(26,8)14-15-33/h16-17,19-20,23,25-26H,9-15H2,1-8H3,(H2,35,36,39)/t19-,20+,23+,25+,26-,30+,31-,32-,33+/m1/s1. The van der Waals surface area contributed by atoms with Crippen LogP contribution in [-0.4, -0.2) is 29.7 Å². The number of nitriles is 1. The maximum Gasteiger partial charge on any atom is 0.315 e. The van der Waals surface area contributed by atoms with E-state index in [0.717, 1.165) is 44.1 Å². The van der Waals surface area contributed by atoms with Crippen LogP contribution in [0.2, 0.25) is 0 Å². The largest absolute Gasteiger partial charge is 0.338 e. The molecule has 0 spiro atoms. The minimum absolute atomic E-state index is 0.0394. The summed E-state index contributed by atoms with van der Waals surface area (Å²) in [7, 11) is 0. The highest BCUT2D eigenvalue weighted by atomic mass is 16.2. The topological polar surface area (TPSA) is 99.1 Å². The summed E-state index contributed by atoms with van der Waals surface area (Å²) in [6.45, 7) is 17.9. The first-order valence-corrected chi connectivity index (χ1v) is 15.1. The summed E-state index contributed by atoms with van der Waals surface area (Å²) < 4.78 is 0. The van der Waals surface area contributed by atoms with Crippen molar-refractivity contribution in [3.8, 4) is 6.07 Å². The fourth-order valence-electron chi connectivity index (χ4n) is 10.5. The maximum atomic E-state index is 14.5. The molecule has 0 aromatic carbocycles. The fraction of sp³-hybridized carbons (Fsp3) is 0.758. The summed E-state index contributed by atoms with van der Waals surface area (Å²) in [6.07, 6.45) is 9.30. The minimum atomic E-state index is -0.664. The van der Waals surface area contributed by atoms with Crippen molar-refractivity contribution < 1.29 is 14.4 Å². The van der Waals surface area contributed by atoms with Crippen LogP contribution in [0.25, 0.3) is 0 Å². The fourth-order valence-corrected chi connectivity index (χ4v) is 10.5. The van der Waals surface area contributed by atoms with E-state index >= 15 is 0 Å². The number of amides is 2. The molecule has 3 fully saturated rings. The van der Waals surface area contributed by atoms with E-state index in [1.807, 2.05) is 32.9 Å².